The highest BCUT2D eigenvalue weighted by Gasteiger charge is 2.11. The van der Waals surface area contributed by atoms with Gasteiger partial charge < -0.3 is 4.74 Å². The summed E-state index contributed by atoms with van der Waals surface area (Å²) >= 11 is 7.04. The Morgan fingerprint density at radius 3 is 2.47 bits per heavy atom. The van der Waals surface area contributed by atoms with E-state index < -0.39 is 0 Å². The summed E-state index contributed by atoms with van der Waals surface area (Å²) in [5.74, 6) is 1.04. The van der Waals surface area contributed by atoms with Gasteiger partial charge in [-0.05, 0) is 30.9 Å². The fourth-order valence-corrected chi connectivity index (χ4v) is 2.86. The van der Waals surface area contributed by atoms with E-state index in [0.717, 1.165) is 29.3 Å². The van der Waals surface area contributed by atoms with E-state index in [2.05, 4.69) is 63.9 Å². The zero-order chi connectivity index (χ0) is 14.1. The molecule has 0 aliphatic heterocycles. The lowest BCUT2D eigenvalue weighted by molar-refractivity contribution is 0.181. The zero-order valence-corrected chi connectivity index (χ0v) is 15.1. The Hall–Kier alpha value is -0.0200. The van der Waals surface area contributed by atoms with E-state index in [-0.39, 0.29) is 0 Å². The summed E-state index contributed by atoms with van der Waals surface area (Å²) in [5.41, 5.74) is 2.50. The third-order valence-corrected chi connectivity index (χ3v) is 4.56. The highest BCUT2D eigenvalue weighted by atomic mass is 79.9. The first-order chi connectivity index (χ1) is 9.24. The van der Waals surface area contributed by atoms with Gasteiger partial charge in [-0.2, -0.15) is 0 Å². The van der Waals surface area contributed by atoms with Crippen LogP contribution in [0.25, 0.3) is 0 Å². The van der Waals surface area contributed by atoms with Crippen molar-refractivity contribution in [1.29, 1.82) is 0 Å². The predicted octanol–water partition coefficient (Wildman–Crippen LogP) is 6.21. The van der Waals surface area contributed by atoms with E-state index >= 15 is 0 Å². The largest absolute Gasteiger partial charge is 0.490 e. The molecule has 108 valence electrons. The molecule has 0 N–H and O–H groups in total. The van der Waals surface area contributed by atoms with Gasteiger partial charge in [0.15, 0.2) is 0 Å². The summed E-state index contributed by atoms with van der Waals surface area (Å²) in [6.45, 7) is 4.45. The van der Waals surface area contributed by atoms with Gasteiger partial charge in [-0.25, -0.2) is 0 Å². The van der Waals surface area contributed by atoms with Crippen LogP contribution in [0.4, 0.5) is 0 Å². The minimum Gasteiger partial charge on any atom is -0.490 e. The van der Waals surface area contributed by atoms with Gasteiger partial charge in [0.2, 0.25) is 0 Å². The lowest BCUT2D eigenvalue weighted by Gasteiger charge is -2.20. The SMILES string of the molecule is CCCCCC(CC)Oc1cc(CBr)ccc1CBr. The van der Waals surface area contributed by atoms with Crippen LogP contribution in [0, 0.1) is 0 Å². The summed E-state index contributed by atoms with van der Waals surface area (Å²) in [6, 6.07) is 6.46. The molecule has 3 heteroatoms. The van der Waals surface area contributed by atoms with E-state index in [4.69, 9.17) is 4.74 Å². The average molecular weight is 392 g/mol. The van der Waals surface area contributed by atoms with Crippen LogP contribution < -0.4 is 4.74 Å². The molecular formula is C16H24Br2O. The summed E-state index contributed by atoms with van der Waals surface area (Å²) in [5, 5.41) is 1.72. The highest BCUT2D eigenvalue weighted by Crippen LogP contribution is 2.26. The summed E-state index contributed by atoms with van der Waals surface area (Å²) in [6.07, 6.45) is 6.40. The predicted molar refractivity (Wildman–Crippen MR) is 90.6 cm³/mol. The molecule has 0 fully saturated rings. The van der Waals surface area contributed by atoms with Gasteiger partial charge in [0, 0.05) is 16.2 Å². The Balaban J connectivity index is 2.71. The van der Waals surface area contributed by atoms with E-state index in [1.807, 2.05) is 0 Å². The molecule has 0 saturated heterocycles. The van der Waals surface area contributed by atoms with Crippen LogP contribution in [0.5, 0.6) is 5.75 Å². The minimum atomic E-state index is 0.343. The van der Waals surface area contributed by atoms with Crippen molar-refractivity contribution < 1.29 is 4.74 Å². The number of hydrogen-bond donors (Lipinski definition) is 0. The van der Waals surface area contributed by atoms with Crippen LogP contribution in [0.15, 0.2) is 18.2 Å². The Labute approximate surface area is 134 Å². The standard InChI is InChI=1S/C16H24Br2O/c1-3-5-6-7-15(4-2)19-16-10-13(11-17)8-9-14(16)12-18/h8-10,15H,3-7,11-12H2,1-2H3. The fraction of sp³-hybridized carbons (Fsp3) is 0.625. The van der Waals surface area contributed by atoms with Crippen LogP contribution in [-0.4, -0.2) is 6.10 Å². The first kappa shape index (κ1) is 17.0. The van der Waals surface area contributed by atoms with E-state index in [9.17, 15) is 0 Å². The van der Waals surface area contributed by atoms with Gasteiger partial charge in [0.1, 0.15) is 5.75 Å². The molecule has 0 spiro atoms. The average Bonchev–Trinajstić information content (AvgIpc) is 2.46. The number of hydrogen-bond acceptors (Lipinski definition) is 1. The van der Waals surface area contributed by atoms with E-state index in [0.29, 0.717) is 6.10 Å². The van der Waals surface area contributed by atoms with Crippen molar-refractivity contribution in [2.45, 2.75) is 62.7 Å². The van der Waals surface area contributed by atoms with Crippen LogP contribution in [0.1, 0.15) is 57.1 Å². The van der Waals surface area contributed by atoms with Crippen molar-refractivity contribution in [3.05, 3.63) is 29.3 Å². The van der Waals surface area contributed by atoms with Gasteiger partial charge >= 0.3 is 0 Å². The molecular weight excluding hydrogens is 368 g/mol. The zero-order valence-electron chi connectivity index (χ0n) is 11.9. The molecule has 0 heterocycles. The van der Waals surface area contributed by atoms with Crippen LogP contribution in [0.3, 0.4) is 0 Å². The van der Waals surface area contributed by atoms with Crippen LogP contribution in [-0.2, 0) is 10.7 Å². The minimum absolute atomic E-state index is 0.343. The smallest absolute Gasteiger partial charge is 0.124 e. The highest BCUT2D eigenvalue weighted by molar-refractivity contribution is 9.08. The van der Waals surface area contributed by atoms with Gasteiger partial charge in [0.05, 0.1) is 6.10 Å². The molecule has 0 aliphatic rings. The summed E-state index contributed by atoms with van der Waals surface area (Å²) in [7, 11) is 0. The molecule has 1 rings (SSSR count). The quantitative estimate of drug-likeness (QED) is 0.359. The van der Waals surface area contributed by atoms with Gasteiger partial charge in [-0.1, -0.05) is 70.7 Å². The van der Waals surface area contributed by atoms with Gasteiger partial charge in [-0.15, -0.1) is 0 Å². The molecule has 1 aromatic rings. The molecule has 1 atom stereocenters. The third-order valence-electron chi connectivity index (χ3n) is 3.31. The van der Waals surface area contributed by atoms with Crippen molar-refractivity contribution in [2.24, 2.45) is 0 Å². The number of halogens is 2. The molecule has 0 saturated carbocycles. The molecule has 0 radical (unpaired) electrons. The van der Waals surface area contributed by atoms with E-state index in [1.165, 1.54) is 30.4 Å². The molecule has 0 bridgehead atoms. The molecule has 0 aliphatic carbocycles. The summed E-state index contributed by atoms with van der Waals surface area (Å²) in [4.78, 5) is 0. The Bertz CT molecular complexity index is 366. The monoisotopic (exact) mass is 390 g/mol. The molecule has 1 unspecified atom stereocenters. The number of alkyl halides is 2. The third kappa shape index (κ3) is 5.86. The second kappa shape index (κ2) is 9.82. The van der Waals surface area contributed by atoms with Crippen molar-refractivity contribution >= 4 is 31.9 Å². The maximum atomic E-state index is 6.22. The van der Waals surface area contributed by atoms with Gasteiger partial charge in [0.25, 0.3) is 0 Å². The lowest BCUT2D eigenvalue weighted by Crippen LogP contribution is -2.16. The van der Waals surface area contributed by atoms with E-state index in [1.54, 1.807) is 0 Å². The number of benzene rings is 1. The van der Waals surface area contributed by atoms with Crippen molar-refractivity contribution in [3.8, 4) is 5.75 Å². The number of unbranched alkanes of at least 4 members (excludes halogenated alkanes) is 2. The maximum Gasteiger partial charge on any atom is 0.124 e. The molecule has 1 aromatic carbocycles. The summed E-state index contributed by atoms with van der Waals surface area (Å²) < 4.78 is 6.22. The number of rotatable bonds is 9. The van der Waals surface area contributed by atoms with Crippen LogP contribution in [0.2, 0.25) is 0 Å². The Kier molecular flexibility index (Phi) is 8.80. The Morgan fingerprint density at radius 1 is 1.11 bits per heavy atom. The normalized spacial score (nSPS) is 12.4. The second-order valence-electron chi connectivity index (χ2n) is 4.85. The number of ether oxygens (including phenoxy) is 1. The second-order valence-corrected chi connectivity index (χ2v) is 5.97. The van der Waals surface area contributed by atoms with Crippen molar-refractivity contribution in [2.75, 3.05) is 0 Å². The molecule has 0 amide bonds. The molecule has 19 heavy (non-hydrogen) atoms. The van der Waals surface area contributed by atoms with Crippen LogP contribution >= 0.6 is 31.9 Å². The van der Waals surface area contributed by atoms with Crippen molar-refractivity contribution in [3.63, 3.8) is 0 Å². The fourth-order valence-electron chi connectivity index (χ4n) is 2.05. The first-order valence-electron chi connectivity index (χ1n) is 7.15. The lowest BCUT2D eigenvalue weighted by atomic mass is 10.1. The molecule has 1 nitrogen and oxygen atoms in total. The topological polar surface area (TPSA) is 9.23 Å². The molecule has 0 aromatic heterocycles. The Morgan fingerprint density at radius 2 is 1.89 bits per heavy atom. The van der Waals surface area contributed by atoms with Crippen molar-refractivity contribution in [1.82, 2.24) is 0 Å². The maximum absolute atomic E-state index is 6.22. The first-order valence-corrected chi connectivity index (χ1v) is 9.39. The van der Waals surface area contributed by atoms with Gasteiger partial charge in [-0.3, -0.25) is 0 Å².